The summed E-state index contributed by atoms with van der Waals surface area (Å²) in [4.78, 5) is 48.0. The van der Waals surface area contributed by atoms with E-state index in [0.717, 1.165) is 11.1 Å². The zero-order valence-corrected chi connectivity index (χ0v) is 22.3. The van der Waals surface area contributed by atoms with Gasteiger partial charge in [-0.25, -0.2) is 16.5 Å². The number of rotatable bonds is 6. The molecule has 0 radical (unpaired) electrons. The van der Waals surface area contributed by atoms with Gasteiger partial charge in [-0.3, -0.25) is 24.4 Å². The Labute approximate surface area is 234 Å². The van der Waals surface area contributed by atoms with E-state index < -0.39 is 24.0 Å². The predicted octanol–water partition coefficient (Wildman–Crippen LogP) is 3.17. The molecule has 2 atom stereocenters. The van der Waals surface area contributed by atoms with Gasteiger partial charge in [0.2, 0.25) is 0 Å². The highest BCUT2D eigenvalue weighted by atomic mass is 32.1. The van der Waals surface area contributed by atoms with Gasteiger partial charge in [-0.05, 0) is 24.1 Å². The molecule has 0 amide bonds. The van der Waals surface area contributed by atoms with Crippen molar-refractivity contribution in [1.29, 1.82) is 0 Å². The lowest BCUT2D eigenvalue weighted by molar-refractivity contribution is -0.136. The Bertz CT molecular complexity index is 1440. The molecule has 3 aromatic rings. The normalized spacial score (nSPS) is 18.0. The molecule has 0 fully saturated rings. The number of carboxylic acid groups (broad SMARTS) is 1. The Balaban J connectivity index is 0.000000270. The van der Waals surface area contributed by atoms with Gasteiger partial charge in [-0.2, -0.15) is 0 Å². The van der Waals surface area contributed by atoms with Gasteiger partial charge in [-0.15, -0.1) is 0 Å². The Morgan fingerprint density at radius 2 is 1.21 bits per heavy atom. The van der Waals surface area contributed by atoms with E-state index in [1.165, 1.54) is 22.2 Å². The lowest BCUT2D eigenvalue weighted by Crippen LogP contribution is -2.44. The minimum absolute atomic E-state index is 0.0440. The van der Waals surface area contributed by atoms with Gasteiger partial charge < -0.3 is 5.11 Å². The van der Waals surface area contributed by atoms with E-state index in [-0.39, 0.29) is 22.7 Å². The number of Topliss-reactive ketones (excluding diaryl/α,β-unsaturated/α-hetero) is 2. The molecule has 0 saturated heterocycles. The first kappa shape index (κ1) is 27.9. The standard InChI is InChI=1S/C20H18N4O2S2.C8H6O3/c1-10(17(25)15-11-6-2-4-8-13(11)19(27)23(15)21)18(26)16-12-7-3-5-9-14(12)20(28)24(16)22;9-5-6-3-1-2-4-7(6)8(10)11/h2-10,15-16H,21-22H2,1H3;1-5H,(H,10,11). The average Bonchev–Trinajstić information content (AvgIpc) is 3.36. The average molecular weight is 561 g/mol. The lowest BCUT2D eigenvalue weighted by atomic mass is 9.87. The van der Waals surface area contributed by atoms with Crippen LogP contribution in [0.15, 0.2) is 72.8 Å². The predicted molar refractivity (Wildman–Crippen MR) is 152 cm³/mol. The van der Waals surface area contributed by atoms with Crippen LogP contribution in [0.5, 0.6) is 0 Å². The van der Waals surface area contributed by atoms with Crippen LogP contribution in [0.25, 0.3) is 0 Å². The van der Waals surface area contributed by atoms with Crippen LogP contribution < -0.4 is 11.7 Å². The first-order valence-electron chi connectivity index (χ1n) is 11.8. The van der Waals surface area contributed by atoms with E-state index in [1.54, 1.807) is 19.1 Å². The molecule has 0 aliphatic carbocycles. The van der Waals surface area contributed by atoms with Crippen molar-refractivity contribution < 1.29 is 24.3 Å². The zero-order valence-electron chi connectivity index (χ0n) is 20.7. The topological polar surface area (TPSA) is 147 Å². The quantitative estimate of drug-likeness (QED) is 0.177. The largest absolute Gasteiger partial charge is 0.478 e. The molecule has 0 aromatic heterocycles. The third-order valence-electron chi connectivity index (χ3n) is 6.71. The number of carbonyl (C=O) groups is 4. The van der Waals surface area contributed by atoms with E-state index in [1.807, 2.05) is 48.5 Å². The summed E-state index contributed by atoms with van der Waals surface area (Å²) in [6.07, 6.45) is 0.531. The van der Waals surface area contributed by atoms with Gasteiger partial charge in [0.15, 0.2) is 17.9 Å². The molecule has 5 rings (SSSR count). The third-order valence-corrected chi connectivity index (χ3v) is 7.57. The molecule has 9 nitrogen and oxygen atoms in total. The van der Waals surface area contributed by atoms with Crippen LogP contribution in [0.1, 0.15) is 62.0 Å². The number of fused-ring (bicyclic) bond motifs is 2. The summed E-state index contributed by atoms with van der Waals surface area (Å²) in [7, 11) is 0. The molecule has 11 heteroatoms. The summed E-state index contributed by atoms with van der Waals surface area (Å²) in [6, 6.07) is 19.1. The second kappa shape index (κ2) is 11.3. The van der Waals surface area contributed by atoms with Gasteiger partial charge in [0.1, 0.15) is 22.1 Å². The van der Waals surface area contributed by atoms with Crippen LogP contribution in [-0.2, 0) is 9.59 Å². The highest BCUT2D eigenvalue weighted by molar-refractivity contribution is 7.81. The monoisotopic (exact) mass is 560 g/mol. The summed E-state index contributed by atoms with van der Waals surface area (Å²) in [5, 5.41) is 11.1. The second-order valence-electron chi connectivity index (χ2n) is 8.94. The molecule has 0 bridgehead atoms. The number of hydrogen-bond donors (Lipinski definition) is 3. The van der Waals surface area contributed by atoms with Crippen molar-refractivity contribution in [1.82, 2.24) is 10.0 Å². The number of nitrogens with zero attached hydrogens (tertiary/aromatic N) is 2. The molecule has 0 saturated carbocycles. The maximum Gasteiger partial charge on any atom is 0.336 e. The van der Waals surface area contributed by atoms with Crippen molar-refractivity contribution in [3.63, 3.8) is 0 Å². The van der Waals surface area contributed by atoms with Gasteiger partial charge >= 0.3 is 5.97 Å². The van der Waals surface area contributed by atoms with Gasteiger partial charge in [-0.1, -0.05) is 91.2 Å². The fourth-order valence-corrected chi connectivity index (χ4v) is 5.24. The Morgan fingerprint density at radius 1 is 0.795 bits per heavy atom. The molecule has 5 N–H and O–H groups in total. The number of hydrogen-bond acceptors (Lipinski definition) is 8. The molecule has 0 spiro atoms. The van der Waals surface area contributed by atoms with Crippen LogP contribution in [0.3, 0.4) is 0 Å². The molecule has 3 aromatic carbocycles. The minimum atomic E-state index is -1.08. The zero-order chi connectivity index (χ0) is 28.4. The van der Waals surface area contributed by atoms with E-state index in [0.29, 0.717) is 27.4 Å². The summed E-state index contributed by atoms with van der Waals surface area (Å²) in [5.74, 6) is 9.55. The van der Waals surface area contributed by atoms with Crippen LogP contribution in [0.4, 0.5) is 0 Å². The molecule has 2 unspecified atom stereocenters. The Kier molecular flexibility index (Phi) is 8.07. The maximum absolute atomic E-state index is 13.3. The smallest absolute Gasteiger partial charge is 0.336 e. The molecule has 39 heavy (non-hydrogen) atoms. The van der Waals surface area contributed by atoms with Crippen molar-refractivity contribution in [3.05, 3.63) is 106 Å². The SMILES string of the molecule is CC(C(=O)C1c2ccccc2C(=S)N1N)C(=O)C1c2ccccc2C(=S)N1N.O=Cc1ccccc1C(=O)O. The number of carbonyl (C=O) groups excluding carboxylic acids is 3. The maximum atomic E-state index is 13.3. The number of aromatic carboxylic acids is 1. The van der Waals surface area contributed by atoms with E-state index >= 15 is 0 Å². The summed E-state index contributed by atoms with van der Waals surface area (Å²) in [6.45, 7) is 1.58. The van der Waals surface area contributed by atoms with E-state index in [4.69, 9.17) is 41.2 Å². The second-order valence-corrected chi connectivity index (χ2v) is 9.71. The highest BCUT2D eigenvalue weighted by Gasteiger charge is 2.45. The molecular weight excluding hydrogens is 536 g/mol. The summed E-state index contributed by atoms with van der Waals surface area (Å²) in [5.41, 5.74) is 3.16. The van der Waals surface area contributed by atoms with Crippen LogP contribution in [0, 0.1) is 5.92 Å². The molecule has 2 aliphatic rings. The van der Waals surface area contributed by atoms with Crippen LogP contribution >= 0.6 is 24.4 Å². The Hall–Kier alpha value is -4.16. The highest BCUT2D eigenvalue weighted by Crippen LogP contribution is 2.38. The number of ketones is 2. The fourth-order valence-electron chi connectivity index (χ4n) is 4.66. The number of carboxylic acids is 1. The summed E-state index contributed by atoms with van der Waals surface area (Å²) < 4.78 is 0. The number of aldehydes is 1. The molecule has 198 valence electrons. The summed E-state index contributed by atoms with van der Waals surface area (Å²) >= 11 is 10.7. The first-order chi connectivity index (χ1) is 18.6. The van der Waals surface area contributed by atoms with Crippen LogP contribution in [-0.4, -0.2) is 48.9 Å². The van der Waals surface area contributed by atoms with Gasteiger partial charge in [0.25, 0.3) is 0 Å². The van der Waals surface area contributed by atoms with Gasteiger partial charge in [0.05, 0.1) is 11.5 Å². The van der Waals surface area contributed by atoms with Crippen molar-refractivity contribution in [2.24, 2.45) is 17.6 Å². The van der Waals surface area contributed by atoms with E-state index in [2.05, 4.69) is 0 Å². The number of benzene rings is 3. The fraction of sp³-hybridized carbons (Fsp3) is 0.143. The first-order valence-corrected chi connectivity index (χ1v) is 12.6. The van der Waals surface area contributed by atoms with E-state index in [9.17, 15) is 19.2 Å². The number of nitrogens with two attached hydrogens (primary N) is 2. The molecule has 2 aliphatic heterocycles. The Morgan fingerprint density at radius 3 is 1.62 bits per heavy atom. The van der Waals surface area contributed by atoms with Crippen molar-refractivity contribution >= 4 is 58.2 Å². The lowest BCUT2D eigenvalue weighted by Gasteiger charge is -2.26. The molecular formula is C28H24N4O5S2. The van der Waals surface area contributed by atoms with Crippen molar-refractivity contribution in [2.75, 3.05) is 0 Å². The molecule has 2 heterocycles. The van der Waals surface area contributed by atoms with Crippen LogP contribution in [0.2, 0.25) is 0 Å². The number of hydrazine groups is 2. The van der Waals surface area contributed by atoms with Crippen molar-refractivity contribution in [3.8, 4) is 0 Å². The third kappa shape index (κ3) is 5.00. The minimum Gasteiger partial charge on any atom is -0.478 e. The van der Waals surface area contributed by atoms with Gasteiger partial charge in [0, 0.05) is 16.7 Å². The van der Waals surface area contributed by atoms with Crippen molar-refractivity contribution in [2.45, 2.75) is 19.0 Å². The number of thiocarbonyl (C=S) groups is 2.